The van der Waals surface area contributed by atoms with Crippen LogP contribution in [0.3, 0.4) is 0 Å². The number of halogens is 2. The first kappa shape index (κ1) is 22.7. The molecule has 28 heavy (non-hydrogen) atoms. The van der Waals surface area contributed by atoms with Crippen molar-refractivity contribution in [2.24, 2.45) is 0 Å². The number of rotatable bonds is 3. The monoisotopic (exact) mass is 427 g/mol. The van der Waals surface area contributed by atoms with Gasteiger partial charge in [0.1, 0.15) is 17.0 Å². The molecule has 0 saturated carbocycles. The fourth-order valence-electron chi connectivity index (χ4n) is 3.26. The maximum Gasteiger partial charge on any atom is 0.217 e. The van der Waals surface area contributed by atoms with Gasteiger partial charge in [-0.15, -0.1) is 12.4 Å². The Morgan fingerprint density at radius 1 is 1.07 bits per heavy atom. The number of hydrogen-bond donors (Lipinski definition) is 2. The molecule has 0 aromatic carbocycles. The first-order chi connectivity index (χ1) is 13.2. The SMILES string of the molecule is Cl.Oc1ccc(Cl)nc1.c1cnc(OC2CCNCC2)c(C2CCOCC2)c1. The van der Waals surface area contributed by atoms with Crippen LogP contribution in [0.4, 0.5) is 0 Å². The number of aromatic hydroxyl groups is 1. The molecular weight excluding hydrogens is 401 g/mol. The largest absolute Gasteiger partial charge is 0.506 e. The Balaban J connectivity index is 0.000000264. The molecule has 0 unspecified atom stereocenters. The molecule has 6 nitrogen and oxygen atoms in total. The lowest BCUT2D eigenvalue weighted by Crippen LogP contribution is -2.34. The zero-order valence-electron chi connectivity index (χ0n) is 15.7. The van der Waals surface area contributed by atoms with Gasteiger partial charge in [0.05, 0.1) is 6.20 Å². The average molecular weight is 428 g/mol. The highest BCUT2D eigenvalue weighted by atomic mass is 35.5. The fraction of sp³-hybridized carbons (Fsp3) is 0.500. The molecule has 2 aliphatic heterocycles. The van der Waals surface area contributed by atoms with Gasteiger partial charge in [-0.2, -0.15) is 0 Å². The Morgan fingerprint density at radius 3 is 2.46 bits per heavy atom. The summed E-state index contributed by atoms with van der Waals surface area (Å²) in [5, 5.41) is 12.4. The third-order valence-corrected chi connectivity index (χ3v) is 4.96. The van der Waals surface area contributed by atoms with Crippen molar-refractivity contribution in [2.45, 2.75) is 37.7 Å². The molecule has 8 heteroatoms. The zero-order valence-corrected chi connectivity index (χ0v) is 17.3. The van der Waals surface area contributed by atoms with E-state index in [1.807, 2.05) is 12.3 Å². The first-order valence-electron chi connectivity index (χ1n) is 9.43. The molecule has 154 valence electrons. The Morgan fingerprint density at radius 2 is 1.82 bits per heavy atom. The van der Waals surface area contributed by atoms with E-state index in [0.717, 1.165) is 57.9 Å². The van der Waals surface area contributed by atoms with Crippen molar-refractivity contribution in [3.63, 3.8) is 0 Å². The molecular formula is C20H27Cl2N3O3. The van der Waals surface area contributed by atoms with E-state index in [0.29, 0.717) is 17.2 Å². The minimum atomic E-state index is 0. The molecule has 2 N–H and O–H groups in total. The molecule has 2 aliphatic rings. The molecule has 2 aromatic heterocycles. The predicted octanol–water partition coefficient (Wildman–Crippen LogP) is 3.97. The van der Waals surface area contributed by atoms with Gasteiger partial charge < -0.3 is 19.9 Å². The number of ether oxygens (including phenoxy) is 2. The van der Waals surface area contributed by atoms with Crippen molar-refractivity contribution in [3.8, 4) is 11.6 Å². The van der Waals surface area contributed by atoms with Gasteiger partial charge in [0.2, 0.25) is 5.88 Å². The standard InChI is InChI=1S/C15H22N2O2.C5H4ClNO.ClH/c1-2-14(12-5-10-18-11-6-12)15(17-7-1)19-13-3-8-16-9-4-13;6-5-2-1-4(8)3-7-5;/h1-2,7,12-13,16H,3-6,8-11H2;1-3,8H;1H. The van der Waals surface area contributed by atoms with Gasteiger partial charge in [-0.25, -0.2) is 9.97 Å². The third-order valence-electron chi connectivity index (χ3n) is 4.74. The quantitative estimate of drug-likeness (QED) is 0.721. The number of aromatic nitrogens is 2. The van der Waals surface area contributed by atoms with Crippen LogP contribution in [-0.4, -0.2) is 47.5 Å². The lowest BCUT2D eigenvalue weighted by Gasteiger charge is -2.27. The molecule has 0 amide bonds. The molecule has 2 saturated heterocycles. The number of pyridine rings is 2. The summed E-state index contributed by atoms with van der Waals surface area (Å²) in [5.74, 6) is 1.52. The number of nitrogens with zero attached hydrogens (tertiary/aromatic N) is 2. The number of piperidine rings is 1. The summed E-state index contributed by atoms with van der Waals surface area (Å²) < 4.78 is 11.6. The van der Waals surface area contributed by atoms with E-state index in [2.05, 4.69) is 21.4 Å². The van der Waals surface area contributed by atoms with Crippen LogP contribution in [0.5, 0.6) is 11.6 Å². The summed E-state index contributed by atoms with van der Waals surface area (Å²) in [6, 6.07) is 7.19. The molecule has 4 heterocycles. The van der Waals surface area contributed by atoms with Crippen molar-refractivity contribution in [1.82, 2.24) is 15.3 Å². The van der Waals surface area contributed by atoms with Crippen LogP contribution in [0, 0.1) is 0 Å². The zero-order chi connectivity index (χ0) is 18.9. The lowest BCUT2D eigenvalue weighted by atomic mass is 9.92. The van der Waals surface area contributed by atoms with Crippen molar-refractivity contribution in [2.75, 3.05) is 26.3 Å². The van der Waals surface area contributed by atoms with Crippen molar-refractivity contribution in [3.05, 3.63) is 47.4 Å². The van der Waals surface area contributed by atoms with Gasteiger partial charge in [-0.05, 0) is 62.9 Å². The van der Waals surface area contributed by atoms with Crippen LogP contribution in [0.25, 0.3) is 0 Å². The van der Waals surface area contributed by atoms with E-state index in [4.69, 9.17) is 26.2 Å². The molecule has 0 bridgehead atoms. The fourth-order valence-corrected chi connectivity index (χ4v) is 3.37. The summed E-state index contributed by atoms with van der Waals surface area (Å²) >= 11 is 5.39. The Hall–Kier alpha value is -1.60. The molecule has 0 radical (unpaired) electrons. The minimum absolute atomic E-state index is 0. The highest BCUT2D eigenvalue weighted by molar-refractivity contribution is 6.29. The molecule has 2 aromatic rings. The van der Waals surface area contributed by atoms with Gasteiger partial charge in [0, 0.05) is 25.0 Å². The molecule has 0 aliphatic carbocycles. The van der Waals surface area contributed by atoms with Crippen LogP contribution in [-0.2, 0) is 4.74 Å². The van der Waals surface area contributed by atoms with Gasteiger partial charge in [0.15, 0.2) is 0 Å². The summed E-state index contributed by atoms with van der Waals surface area (Å²) in [7, 11) is 0. The van der Waals surface area contributed by atoms with Crippen LogP contribution in [0.15, 0.2) is 36.7 Å². The maximum absolute atomic E-state index is 8.64. The number of hydrogen-bond acceptors (Lipinski definition) is 6. The van der Waals surface area contributed by atoms with E-state index in [1.165, 1.54) is 23.9 Å². The highest BCUT2D eigenvalue weighted by Gasteiger charge is 2.22. The second-order valence-corrected chi connectivity index (χ2v) is 7.08. The third kappa shape index (κ3) is 7.09. The van der Waals surface area contributed by atoms with Crippen LogP contribution >= 0.6 is 24.0 Å². The van der Waals surface area contributed by atoms with E-state index >= 15 is 0 Å². The smallest absolute Gasteiger partial charge is 0.217 e. The lowest BCUT2D eigenvalue weighted by molar-refractivity contribution is 0.0832. The highest BCUT2D eigenvalue weighted by Crippen LogP contribution is 2.33. The molecule has 4 rings (SSSR count). The van der Waals surface area contributed by atoms with Crippen molar-refractivity contribution >= 4 is 24.0 Å². The summed E-state index contributed by atoms with van der Waals surface area (Å²) in [6.07, 6.45) is 7.74. The van der Waals surface area contributed by atoms with Crippen LogP contribution in [0.1, 0.15) is 37.2 Å². The predicted molar refractivity (Wildman–Crippen MR) is 112 cm³/mol. The van der Waals surface area contributed by atoms with Crippen LogP contribution < -0.4 is 10.1 Å². The number of nitrogens with one attached hydrogen (secondary N) is 1. The summed E-state index contributed by atoms with van der Waals surface area (Å²) in [6.45, 7) is 3.80. The molecule has 0 spiro atoms. The second-order valence-electron chi connectivity index (χ2n) is 6.69. The van der Waals surface area contributed by atoms with Gasteiger partial charge in [-0.1, -0.05) is 17.7 Å². The van der Waals surface area contributed by atoms with Gasteiger partial charge in [-0.3, -0.25) is 0 Å². The van der Waals surface area contributed by atoms with E-state index in [9.17, 15) is 0 Å². The Labute approximate surface area is 177 Å². The van der Waals surface area contributed by atoms with Gasteiger partial charge in [0.25, 0.3) is 0 Å². The van der Waals surface area contributed by atoms with Crippen molar-refractivity contribution in [1.29, 1.82) is 0 Å². The van der Waals surface area contributed by atoms with Gasteiger partial charge >= 0.3 is 0 Å². The second kappa shape index (κ2) is 12.1. The summed E-state index contributed by atoms with van der Waals surface area (Å²) in [5.41, 5.74) is 1.27. The Bertz CT molecular complexity index is 670. The van der Waals surface area contributed by atoms with E-state index in [1.54, 1.807) is 0 Å². The van der Waals surface area contributed by atoms with E-state index in [-0.39, 0.29) is 18.2 Å². The molecule has 2 fully saturated rings. The minimum Gasteiger partial charge on any atom is -0.506 e. The first-order valence-corrected chi connectivity index (χ1v) is 9.80. The van der Waals surface area contributed by atoms with E-state index < -0.39 is 0 Å². The van der Waals surface area contributed by atoms with Crippen molar-refractivity contribution < 1.29 is 14.6 Å². The maximum atomic E-state index is 8.64. The average Bonchev–Trinajstić information content (AvgIpc) is 2.73. The Kier molecular flexibility index (Phi) is 9.78. The normalized spacial score (nSPS) is 17.8. The summed E-state index contributed by atoms with van der Waals surface area (Å²) in [4.78, 5) is 8.06. The topological polar surface area (TPSA) is 76.5 Å². The van der Waals surface area contributed by atoms with Crippen LogP contribution in [0.2, 0.25) is 5.15 Å². The molecule has 0 atom stereocenters.